The van der Waals surface area contributed by atoms with Gasteiger partial charge in [0.05, 0.1) is 0 Å². The van der Waals surface area contributed by atoms with E-state index < -0.39 is 0 Å². The number of aromatic nitrogens is 2. The molecule has 7 nitrogen and oxygen atoms in total. The number of anilines is 2. The van der Waals surface area contributed by atoms with Gasteiger partial charge in [-0.2, -0.15) is 0 Å². The molecule has 1 aromatic carbocycles. The summed E-state index contributed by atoms with van der Waals surface area (Å²) in [6.45, 7) is 4.92. The number of Topliss-reactive ketones (excluding diaryl/α,β-unsaturated/α-hetero) is 1. The van der Waals surface area contributed by atoms with E-state index >= 15 is 0 Å². The van der Waals surface area contributed by atoms with Crippen LogP contribution in [-0.2, 0) is 4.79 Å². The first kappa shape index (κ1) is 17.8. The van der Waals surface area contributed by atoms with Gasteiger partial charge in [-0.3, -0.25) is 9.59 Å². The van der Waals surface area contributed by atoms with E-state index in [1.165, 1.54) is 0 Å². The van der Waals surface area contributed by atoms with Gasteiger partial charge in [-0.1, -0.05) is 12.1 Å². The van der Waals surface area contributed by atoms with Crippen LogP contribution in [0.1, 0.15) is 23.7 Å². The van der Waals surface area contributed by atoms with E-state index in [1.807, 2.05) is 23.1 Å². The van der Waals surface area contributed by atoms with Crippen molar-refractivity contribution in [1.29, 1.82) is 0 Å². The molecule has 0 unspecified atom stereocenters. The van der Waals surface area contributed by atoms with E-state index in [0.29, 0.717) is 37.6 Å². The summed E-state index contributed by atoms with van der Waals surface area (Å²) in [5.41, 5.74) is 1.53. The van der Waals surface area contributed by atoms with E-state index in [-0.39, 0.29) is 11.7 Å². The lowest BCUT2D eigenvalue weighted by Crippen LogP contribution is -2.49. The Labute approximate surface area is 153 Å². The average Bonchev–Trinajstić information content (AvgIpc) is 2.69. The van der Waals surface area contributed by atoms with Crippen LogP contribution in [0, 0.1) is 0 Å². The third kappa shape index (κ3) is 4.56. The molecule has 0 aliphatic carbocycles. The Morgan fingerprint density at radius 3 is 2.50 bits per heavy atom. The van der Waals surface area contributed by atoms with Crippen molar-refractivity contribution in [2.45, 2.75) is 13.3 Å². The van der Waals surface area contributed by atoms with Crippen LogP contribution in [0.2, 0.25) is 0 Å². The standard InChI is InChI=1S/C19H23N5O2/c1-15(25)16-4-2-5-17(14-16)20-9-6-18(26)23-10-12-24(13-11-23)19-21-7-3-8-22-19/h2-5,7-8,14,20H,6,9-13H2,1H3. The lowest BCUT2D eigenvalue weighted by atomic mass is 10.1. The van der Waals surface area contributed by atoms with Gasteiger partial charge in [-0.15, -0.1) is 0 Å². The first-order chi connectivity index (χ1) is 12.6. The summed E-state index contributed by atoms with van der Waals surface area (Å²) in [7, 11) is 0. The summed E-state index contributed by atoms with van der Waals surface area (Å²) in [6, 6.07) is 9.13. The van der Waals surface area contributed by atoms with Gasteiger partial charge >= 0.3 is 0 Å². The summed E-state index contributed by atoms with van der Waals surface area (Å²) < 4.78 is 0. The summed E-state index contributed by atoms with van der Waals surface area (Å²) >= 11 is 0. The highest BCUT2D eigenvalue weighted by molar-refractivity contribution is 5.94. The molecule has 1 fully saturated rings. The van der Waals surface area contributed by atoms with Crippen molar-refractivity contribution >= 4 is 23.3 Å². The molecule has 0 bridgehead atoms. The zero-order valence-electron chi connectivity index (χ0n) is 14.9. The number of carbonyl (C=O) groups excluding carboxylic acids is 2. The van der Waals surface area contributed by atoms with E-state index in [4.69, 9.17) is 0 Å². The predicted molar refractivity (Wildman–Crippen MR) is 100 cm³/mol. The fraction of sp³-hybridized carbons (Fsp3) is 0.368. The van der Waals surface area contributed by atoms with Crippen molar-refractivity contribution in [1.82, 2.24) is 14.9 Å². The Bertz CT molecular complexity index is 758. The van der Waals surface area contributed by atoms with Gasteiger partial charge in [0.15, 0.2) is 5.78 Å². The molecule has 1 aromatic heterocycles. The van der Waals surface area contributed by atoms with Crippen LogP contribution >= 0.6 is 0 Å². The van der Waals surface area contributed by atoms with Crippen molar-refractivity contribution in [3.63, 3.8) is 0 Å². The lowest BCUT2D eigenvalue weighted by molar-refractivity contribution is -0.131. The number of nitrogens with zero attached hydrogens (tertiary/aromatic N) is 4. The van der Waals surface area contributed by atoms with E-state index in [9.17, 15) is 9.59 Å². The number of nitrogens with one attached hydrogen (secondary N) is 1. The first-order valence-corrected chi connectivity index (χ1v) is 8.78. The Morgan fingerprint density at radius 1 is 1.08 bits per heavy atom. The molecule has 1 N–H and O–H groups in total. The summed E-state index contributed by atoms with van der Waals surface area (Å²) in [4.78, 5) is 36.3. The topological polar surface area (TPSA) is 78.4 Å². The van der Waals surface area contributed by atoms with E-state index in [1.54, 1.807) is 31.5 Å². The average molecular weight is 353 g/mol. The van der Waals surface area contributed by atoms with E-state index in [0.717, 1.165) is 18.8 Å². The fourth-order valence-corrected chi connectivity index (χ4v) is 2.93. The lowest BCUT2D eigenvalue weighted by Gasteiger charge is -2.34. The molecule has 1 aliphatic heterocycles. The number of piperazine rings is 1. The monoisotopic (exact) mass is 353 g/mol. The van der Waals surface area contributed by atoms with Gasteiger partial charge in [0, 0.05) is 62.8 Å². The van der Waals surface area contributed by atoms with Gasteiger partial charge in [-0.05, 0) is 25.1 Å². The van der Waals surface area contributed by atoms with Gasteiger partial charge in [-0.25, -0.2) is 9.97 Å². The number of amides is 1. The highest BCUT2D eigenvalue weighted by Crippen LogP contribution is 2.13. The molecule has 2 heterocycles. The first-order valence-electron chi connectivity index (χ1n) is 8.78. The molecule has 1 aliphatic rings. The van der Waals surface area contributed by atoms with Crippen molar-refractivity contribution in [3.05, 3.63) is 48.3 Å². The smallest absolute Gasteiger partial charge is 0.225 e. The minimum absolute atomic E-state index is 0.0324. The largest absolute Gasteiger partial charge is 0.385 e. The molecule has 0 radical (unpaired) electrons. The number of carbonyl (C=O) groups is 2. The molecule has 3 rings (SSSR count). The molecule has 0 saturated carbocycles. The maximum absolute atomic E-state index is 12.4. The zero-order valence-corrected chi connectivity index (χ0v) is 14.9. The number of hydrogen-bond donors (Lipinski definition) is 1. The van der Waals surface area contributed by atoms with Crippen LogP contribution in [0.25, 0.3) is 0 Å². The maximum atomic E-state index is 12.4. The molecular weight excluding hydrogens is 330 g/mol. The highest BCUT2D eigenvalue weighted by atomic mass is 16.2. The Balaban J connectivity index is 1.43. The van der Waals surface area contributed by atoms with Crippen LogP contribution in [-0.4, -0.2) is 59.3 Å². The molecule has 7 heteroatoms. The fourth-order valence-electron chi connectivity index (χ4n) is 2.93. The molecule has 26 heavy (non-hydrogen) atoms. The zero-order chi connectivity index (χ0) is 18.4. The van der Waals surface area contributed by atoms with E-state index in [2.05, 4.69) is 20.2 Å². The van der Waals surface area contributed by atoms with Crippen molar-refractivity contribution in [2.75, 3.05) is 42.9 Å². The normalized spacial score (nSPS) is 14.2. The molecule has 0 atom stereocenters. The van der Waals surface area contributed by atoms with Crippen LogP contribution < -0.4 is 10.2 Å². The summed E-state index contributed by atoms with van der Waals surface area (Å²) in [5.74, 6) is 0.880. The van der Waals surface area contributed by atoms with Gasteiger partial charge in [0.2, 0.25) is 11.9 Å². The second-order valence-corrected chi connectivity index (χ2v) is 6.23. The Morgan fingerprint density at radius 2 is 1.81 bits per heavy atom. The van der Waals surface area contributed by atoms with Crippen LogP contribution in [0.15, 0.2) is 42.7 Å². The van der Waals surface area contributed by atoms with Crippen LogP contribution in [0.5, 0.6) is 0 Å². The number of benzene rings is 1. The van der Waals surface area contributed by atoms with Crippen LogP contribution in [0.4, 0.5) is 11.6 Å². The van der Waals surface area contributed by atoms with Crippen molar-refractivity contribution in [3.8, 4) is 0 Å². The molecule has 0 spiro atoms. The second-order valence-electron chi connectivity index (χ2n) is 6.23. The van der Waals surface area contributed by atoms with Crippen molar-refractivity contribution < 1.29 is 9.59 Å². The number of ketones is 1. The molecule has 1 amide bonds. The van der Waals surface area contributed by atoms with Gasteiger partial charge < -0.3 is 15.1 Å². The third-order valence-corrected chi connectivity index (χ3v) is 4.40. The highest BCUT2D eigenvalue weighted by Gasteiger charge is 2.21. The van der Waals surface area contributed by atoms with Crippen molar-refractivity contribution in [2.24, 2.45) is 0 Å². The predicted octanol–water partition coefficient (Wildman–Crippen LogP) is 1.83. The van der Waals surface area contributed by atoms with Gasteiger partial charge in [0.25, 0.3) is 0 Å². The molecule has 2 aromatic rings. The molecular formula is C19H23N5O2. The minimum atomic E-state index is 0.0324. The number of rotatable bonds is 6. The Hall–Kier alpha value is -2.96. The summed E-state index contributed by atoms with van der Waals surface area (Å²) in [5, 5.41) is 3.21. The van der Waals surface area contributed by atoms with Gasteiger partial charge in [0.1, 0.15) is 0 Å². The van der Waals surface area contributed by atoms with Crippen LogP contribution in [0.3, 0.4) is 0 Å². The SMILES string of the molecule is CC(=O)c1cccc(NCCC(=O)N2CCN(c3ncccn3)CC2)c1. The number of hydrogen-bond acceptors (Lipinski definition) is 6. The second kappa shape index (κ2) is 8.42. The molecule has 1 saturated heterocycles. The summed E-state index contributed by atoms with van der Waals surface area (Å²) in [6.07, 6.45) is 3.88. The molecule has 136 valence electrons. The quantitative estimate of drug-likeness (QED) is 0.798. The minimum Gasteiger partial charge on any atom is -0.385 e. The Kier molecular flexibility index (Phi) is 5.78. The third-order valence-electron chi connectivity index (χ3n) is 4.40. The maximum Gasteiger partial charge on any atom is 0.225 e.